The Morgan fingerprint density at radius 3 is 2.95 bits per heavy atom. The minimum Gasteiger partial charge on any atom is -0.494 e. The standard InChI is InChI=1S/C17H28N2O/c1-3-10-20-16-9-5-8-15(12-16)17(19-18)14-7-4-6-13(2)11-14/h5,8-9,12-14,17,19H,3-4,6-7,10-11,18H2,1-2H3. The molecule has 0 radical (unpaired) electrons. The molecule has 3 nitrogen and oxygen atoms in total. The van der Waals surface area contributed by atoms with Gasteiger partial charge < -0.3 is 4.74 Å². The molecule has 20 heavy (non-hydrogen) atoms. The van der Waals surface area contributed by atoms with Crippen LogP contribution in [-0.2, 0) is 0 Å². The fourth-order valence-corrected chi connectivity index (χ4v) is 3.31. The molecule has 3 heteroatoms. The number of nitrogens with two attached hydrogens (primary N) is 1. The second-order valence-electron chi connectivity index (χ2n) is 6.10. The van der Waals surface area contributed by atoms with Gasteiger partial charge in [0.1, 0.15) is 5.75 Å². The van der Waals surface area contributed by atoms with E-state index in [0.717, 1.165) is 24.7 Å². The molecule has 2 rings (SSSR count). The van der Waals surface area contributed by atoms with Gasteiger partial charge in [-0.1, -0.05) is 38.8 Å². The van der Waals surface area contributed by atoms with Crippen molar-refractivity contribution < 1.29 is 4.74 Å². The summed E-state index contributed by atoms with van der Waals surface area (Å²) in [5, 5.41) is 0. The first-order valence-corrected chi connectivity index (χ1v) is 7.93. The van der Waals surface area contributed by atoms with Crippen LogP contribution in [0.1, 0.15) is 57.6 Å². The van der Waals surface area contributed by atoms with Crippen molar-refractivity contribution >= 4 is 0 Å². The summed E-state index contributed by atoms with van der Waals surface area (Å²) >= 11 is 0. The lowest BCUT2D eigenvalue weighted by Gasteiger charge is -2.33. The summed E-state index contributed by atoms with van der Waals surface area (Å²) in [5.41, 5.74) is 4.29. The van der Waals surface area contributed by atoms with E-state index in [2.05, 4.69) is 37.5 Å². The second-order valence-corrected chi connectivity index (χ2v) is 6.10. The van der Waals surface area contributed by atoms with Crippen LogP contribution in [0.25, 0.3) is 0 Å². The Morgan fingerprint density at radius 2 is 2.25 bits per heavy atom. The van der Waals surface area contributed by atoms with E-state index in [1.807, 2.05) is 6.07 Å². The van der Waals surface area contributed by atoms with Gasteiger partial charge in [-0.15, -0.1) is 0 Å². The predicted molar refractivity (Wildman–Crippen MR) is 83.4 cm³/mol. The van der Waals surface area contributed by atoms with Crippen LogP contribution >= 0.6 is 0 Å². The average Bonchev–Trinajstić information content (AvgIpc) is 2.46. The topological polar surface area (TPSA) is 47.3 Å². The van der Waals surface area contributed by atoms with Crippen molar-refractivity contribution in [1.29, 1.82) is 0 Å². The van der Waals surface area contributed by atoms with E-state index in [1.54, 1.807) is 0 Å². The third-order valence-electron chi connectivity index (χ3n) is 4.32. The van der Waals surface area contributed by atoms with Crippen LogP contribution in [0.3, 0.4) is 0 Å². The summed E-state index contributed by atoms with van der Waals surface area (Å²) in [6.07, 6.45) is 6.22. The van der Waals surface area contributed by atoms with Gasteiger partial charge >= 0.3 is 0 Å². The van der Waals surface area contributed by atoms with Gasteiger partial charge in [0.2, 0.25) is 0 Å². The summed E-state index contributed by atoms with van der Waals surface area (Å²) in [7, 11) is 0. The van der Waals surface area contributed by atoms with Gasteiger partial charge in [-0.05, 0) is 48.8 Å². The lowest BCUT2D eigenvalue weighted by molar-refractivity contribution is 0.224. The molecule has 1 aliphatic rings. The van der Waals surface area contributed by atoms with Gasteiger partial charge in [-0.3, -0.25) is 11.3 Å². The number of benzene rings is 1. The van der Waals surface area contributed by atoms with Crippen molar-refractivity contribution in [2.24, 2.45) is 17.7 Å². The fraction of sp³-hybridized carbons (Fsp3) is 0.647. The summed E-state index contributed by atoms with van der Waals surface area (Å²) < 4.78 is 5.73. The maximum absolute atomic E-state index is 5.84. The molecule has 3 atom stereocenters. The van der Waals surface area contributed by atoms with Gasteiger partial charge in [-0.2, -0.15) is 0 Å². The third kappa shape index (κ3) is 3.97. The Balaban J connectivity index is 2.09. The molecule has 0 bridgehead atoms. The molecule has 1 aromatic carbocycles. The number of hydrogen-bond donors (Lipinski definition) is 2. The predicted octanol–water partition coefficient (Wildman–Crippen LogP) is 3.81. The SMILES string of the molecule is CCCOc1cccc(C(NN)C2CCCC(C)C2)c1. The van der Waals surface area contributed by atoms with E-state index in [0.29, 0.717) is 5.92 Å². The minimum atomic E-state index is 0.239. The first kappa shape index (κ1) is 15.3. The first-order chi connectivity index (χ1) is 9.74. The van der Waals surface area contributed by atoms with E-state index in [9.17, 15) is 0 Å². The average molecular weight is 276 g/mol. The van der Waals surface area contributed by atoms with Gasteiger partial charge in [0.15, 0.2) is 0 Å². The Kier molecular flexibility index (Phi) is 5.86. The maximum atomic E-state index is 5.84. The summed E-state index contributed by atoms with van der Waals surface area (Å²) in [5.74, 6) is 8.23. The molecule has 3 unspecified atom stereocenters. The van der Waals surface area contributed by atoms with Gasteiger partial charge in [0.25, 0.3) is 0 Å². The quantitative estimate of drug-likeness (QED) is 0.613. The molecule has 1 saturated carbocycles. The highest BCUT2D eigenvalue weighted by atomic mass is 16.5. The van der Waals surface area contributed by atoms with E-state index in [4.69, 9.17) is 10.6 Å². The fourth-order valence-electron chi connectivity index (χ4n) is 3.31. The molecular weight excluding hydrogens is 248 g/mol. The van der Waals surface area contributed by atoms with Crippen LogP contribution in [0.5, 0.6) is 5.75 Å². The lowest BCUT2D eigenvalue weighted by atomic mass is 9.77. The molecule has 0 amide bonds. The highest BCUT2D eigenvalue weighted by Gasteiger charge is 2.27. The maximum Gasteiger partial charge on any atom is 0.119 e. The van der Waals surface area contributed by atoms with Crippen LogP contribution in [0, 0.1) is 11.8 Å². The van der Waals surface area contributed by atoms with E-state index >= 15 is 0 Å². The zero-order chi connectivity index (χ0) is 14.4. The zero-order valence-electron chi connectivity index (χ0n) is 12.8. The summed E-state index contributed by atoms with van der Waals surface area (Å²) in [6.45, 7) is 5.24. The number of hydrogen-bond acceptors (Lipinski definition) is 3. The lowest BCUT2D eigenvalue weighted by Crippen LogP contribution is -2.35. The second kappa shape index (κ2) is 7.65. The van der Waals surface area contributed by atoms with Crippen LogP contribution in [0.15, 0.2) is 24.3 Å². The van der Waals surface area contributed by atoms with Crippen LogP contribution in [0.4, 0.5) is 0 Å². The van der Waals surface area contributed by atoms with Crippen molar-refractivity contribution in [1.82, 2.24) is 5.43 Å². The smallest absolute Gasteiger partial charge is 0.119 e. The van der Waals surface area contributed by atoms with Crippen LogP contribution < -0.4 is 16.0 Å². The number of hydrazine groups is 1. The van der Waals surface area contributed by atoms with E-state index in [1.165, 1.54) is 31.2 Å². The molecule has 0 aromatic heterocycles. The Labute approximate surface area is 122 Å². The Hall–Kier alpha value is -1.06. The molecule has 0 heterocycles. The molecule has 1 aromatic rings. The van der Waals surface area contributed by atoms with E-state index in [-0.39, 0.29) is 6.04 Å². The molecular formula is C17H28N2O. The first-order valence-electron chi connectivity index (χ1n) is 7.93. The van der Waals surface area contributed by atoms with Crippen LogP contribution in [-0.4, -0.2) is 6.61 Å². The number of rotatable bonds is 6. The minimum absolute atomic E-state index is 0.239. The van der Waals surface area contributed by atoms with Gasteiger partial charge in [0.05, 0.1) is 6.61 Å². The van der Waals surface area contributed by atoms with Crippen LogP contribution in [0.2, 0.25) is 0 Å². The normalized spacial score (nSPS) is 24.4. The monoisotopic (exact) mass is 276 g/mol. The van der Waals surface area contributed by atoms with E-state index < -0.39 is 0 Å². The molecule has 0 spiro atoms. The highest BCUT2D eigenvalue weighted by molar-refractivity contribution is 5.31. The summed E-state index contributed by atoms with van der Waals surface area (Å²) in [4.78, 5) is 0. The van der Waals surface area contributed by atoms with Crippen molar-refractivity contribution in [3.63, 3.8) is 0 Å². The largest absolute Gasteiger partial charge is 0.494 e. The molecule has 3 N–H and O–H groups in total. The van der Waals surface area contributed by atoms with Gasteiger partial charge in [-0.25, -0.2) is 0 Å². The zero-order valence-corrected chi connectivity index (χ0v) is 12.8. The molecule has 0 saturated heterocycles. The van der Waals surface area contributed by atoms with Crippen molar-refractivity contribution in [2.45, 2.75) is 52.0 Å². The van der Waals surface area contributed by atoms with Crippen molar-refractivity contribution in [2.75, 3.05) is 6.61 Å². The Bertz CT molecular complexity index is 408. The molecule has 1 aliphatic carbocycles. The molecule has 1 fully saturated rings. The van der Waals surface area contributed by atoms with Crippen molar-refractivity contribution in [3.8, 4) is 5.75 Å². The number of ether oxygens (including phenoxy) is 1. The number of nitrogens with one attached hydrogen (secondary N) is 1. The summed E-state index contributed by atoms with van der Waals surface area (Å²) in [6, 6.07) is 8.62. The third-order valence-corrected chi connectivity index (χ3v) is 4.32. The highest BCUT2D eigenvalue weighted by Crippen LogP contribution is 2.37. The Morgan fingerprint density at radius 1 is 1.40 bits per heavy atom. The molecule has 112 valence electrons. The molecule has 0 aliphatic heterocycles. The van der Waals surface area contributed by atoms with Gasteiger partial charge in [0, 0.05) is 6.04 Å². The van der Waals surface area contributed by atoms with Crippen molar-refractivity contribution in [3.05, 3.63) is 29.8 Å².